The van der Waals surface area contributed by atoms with Crippen molar-refractivity contribution in [1.82, 2.24) is 5.32 Å². The molecule has 0 aromatic heterocycles. The highest BCUT2D eigenvalue weighted by atomic mass is 16.5. The number of para-hydroxylation sites is 1. The van der Waals surface area contributed by atoms with E-state index in [1.807, 2.05) is 60.7 Å². The van der Waals surface area contributed by atoms with Gasteiger partial charge in [-0.2, -0.15) is 0 Å². The normalized spacial score (nSPS) is 11.6. The molecular weight excluding hydrogens is 310 g/mol. The SMILES string of the molecule is CC(Oc1ccccc1)C(=O)NCc1cccc(-c2ccccc2)c1. The smallest absolute Gasteiger partial charge is 0.261 e. The number of ether oxygens (including phenoxy) is 1. The molecule has 3 aromatic carbocycles. The number of hydrogen-bond donors (Lipinski definition) is 1. The molecule has 0 aliphatic heterocycles. The molecule has 126 valence electrons. The molecule has 0 spiro atoms. The van der Waals surface area contributed by atoms with Crippen LogP contribution in [0.4, 0.5) is 0 Å². The van der Waals surface area contributed by atoms with E-state index in [9.17, 15) is 4.79 Å². The van der Waals surface area contributed by atoms with Crippen molar-refractivity contribution in [1.29, 1.82) is 0 Å². The molecule has 1 N–H and O–H groups in total. The van der Waals surface area contributed by atoms with E-state index >= 15 is 0 Å². The molecule has 25 heavy (non-hydrogen) atoms. The molecule has 0 saturated heterocycles. The Bertz CT molecular complexity index is 816. The van der Waals surface area contributed by atoms with Gasteiger partial charge in [-0.05, 0) is 41.8 Å². The van der Waals surface area contributed by atoms with E-state index in [4.69, 9.17) is 4.74 Å². The van der Waals surface area contributed by atoms with E-state index in [0.29, 0.717) is 12.3 Å². The molecule has 1 atom stereocenters. The maximum atomic E-state index is 12.2. The lowest BCUT2D eigenvalue weighted by Gasteiger charge is -2.15. The van der Waals surface area contributed by atoms with E-state index in [1.165, 1.54) is 0 Å². The first kappa shape index (κ1) is 16.8. The van der Waals surface area contributed by atoms with Crippen molar-refractivity contribution in [2.75, 3.05) is 0 Å². The minimum absolute atomic E-state index is 0.131. The van der Waals surface area contributed by atoms with Crippen LogP contribution in [-0.2, 0) is 11.3 Å². The Morgan fingerprint density at radius 2 is 1.52 bits per heavy atom. The predicted molar refractivity (Wildman–Crippen MR) is 100 cm³/mol. The summed E-state index contributed by atoms with van der Waals surface area (Å²) in [5.74, 6) is 0.560. The summed E-state index contributed by atoms with van der Waals surface area (Å²) in [6.07, 6.45) is -0.542. The monoisotopic (exact) mass is 331 g/mol. The van der Waals surface area contributed by atoms with E-state index in [0.717, 1.165) is 16.7 Å². The Hall–Kier alpha value is -3.07. The molecule has 3 heteroatoms. The van der Waals surface area contributed by atoms with Crippen LogP contribution in [0.15, 0.2) is 84.9 Å². The van der Waals surface area contributed by atoms with Crippen molar-refractivity contribution in [3.05, 3.63) is 90.5 Å². The summed E-state index contributed by atoms with van der Waals surface area (Å²) >= 11 is 0. The Labute approximate surface area is 148 Å². The minimum atomic E-state index is -0.542. The second-order valence-electron chi connectivity index (χ2n) is 5.86. The quantitative estimate of drug-likeness (QED) is 0.725. The number of carbonyl (C=O) groups excluding carboxylic acids is 1. The summed E-state index contributed by atoms with van der Waals surface area (Å²) in [7, 11) is 0. The van der Waals surface area contributed by atoms with E-state index < -0.39 is 6.10 Å². The fraction of sp³-hybridized carbons (Fsp3) is 0.136. The molecule has 3 aromatic rings. The van der Waals surface area contributed by atoms with E-state index in [-0.39, 0.29) is 5.91 Å². The van der Waals surface area contributed by atoms with Crippen LogP contribution in [0.2, 0.25) is 0 Å². The Balaban J connectivity index is 1.59. The zero-order chi connectivity index (χ0) is 17.5. The fourth-order valence-corrected chi connectivity index (χ4v) is 2.58. The third-order valence-corrected chi connectivity index (χ3v) is 3.93. The Kier molecular flexibility index (Phi) is 5.47. The van der Waals surface area contributed by atoms with Crippen LogP contribution in [0.1, 0.15) is 12.5 Å². The zero-order valence-corrected chi connectivity index (χ0v) is 14.2. The van der Waals surface area contributed by atoms with Crippen LogP contribution in [0.5, 0.6) is 5.75 Å². The van der Waals surface area contributed by atoms with Crippen molar-refractivity contribution in [3.8, 4) is 16.9 Å². The highest BCUT2D eigenvalue weighted by Crippen LogP contribution is 2.20. The summed E-state index contributed by atoms with van der Waals surface area (Å²) in [5, 5.41) is 2.93. The van der Waals surface area contributed by atoms with Crippen LogP contribution in [0.3, 0.4) is 0 Å². The van der Waals surface area contributed by atoms with E-state index in [1.54, 1.807) is 6.92 Å². The third kappa shape index (κ3) is 4.70. The molecule has 3 rings (SSSR count). The predicted octanol–water partition coefficient (Wildman–Crippen LogP) is 4.44. The van der Waals surface area contributed by atoms with Crippen molar-refractivity contribution >= 4 is 5.91 Å². The average molecular weight is 331 g/mol. The highest BCUT2D eigenvalue weighted by Gasteiger charge is 2.14. The van der Waals surface area contributed by atoms with Crippen molar-refractivity contribution in [3.63, 3.8) is 0 Å². The van der Waals surface area contributed by atoms with Gasteiger partial charge in [0.05, 0.1) is 0 Å². The first-order valence-corrected chi connectivity index (χ1v) is 8.36. The second kappa shape index (κ2) is 8.15. The van der Waals surface area contributed by atoms with Crippen molar-refractivity contribution in [2.45, 2.75) is 19.6 Å². The van der Waals surface area contributed by atoms with Gasteiger partial charge >= 0.3 is 0 Å². The minimum Gasteiger partial charge on any atom is -0.481 e. The molecule has 0 heterocycles. The van der Waals surface area contributed by atoms with E-state index in [2.05, 4.69) is 29.6 Å². The third-order valence-electron chi connectivity index (χ3n) is 3.93. The molecule has 0 fully saturated rings. The van der Waals surface area contributed by atoms with Gasteiger partial charge in [0.25, 0.3) is 5.91 Å². The lowest BCUT2D eigenvalue weighted by Crippen LogP contribution is -2.35. The van der Waals surface area contributed by atoms with Crippen LogP contribution in [0.25, 0.3) is 11.1 Å². The summed E-state index contributed by atoms with van der Waals surface area (Å²) in [6.45, 7) is 2.23. The van der Waals surface area contributed by atoms with Gasteiger partial charge in [-0.3, -0.25) is 4.79 Å². The molecule has 1 amide bonds. The average Bonchev–Trinajstić information content (AvgIpc) is 2.68. The molecule has 0 saturated carbocycles. The van der Waals surface area contributed by atoms with Gasteiger partial charge in [0.15, 0.2) is 6.10 Å². The largest absolute Gasteiger partial charge is 0.481 e. The van der Waals surface area contributed by atoms with Crippen molar-refractivity contribution < 1.29 is 9.53 Å². The van der Waals surface area contributed by atoms with Crippen LogP contribution >= 0.6 is 0 Å². The number of carbonyl (C=O) groups is 1. The summed E-state index contributed by atoms with van der Waals surface area (Å²) in [6, 6.07) is 27.7. The molecule has 0 aliphatic carbocycles. The summed E-state index contributed by atoms with van der Waals surface area (Å²) in [5.41, 5.74) is 3.36. The van der Waals surface area contributed by atoms with Gasteiger partial charge in [0.1, 0.15) is 5.75 Å². The van der Waals surface area contributed by atoms with Crippen LogP contribution in [0, 0.1) is 0 Å². The molecule has 0 aliphatic rings. The molecular formula is C22H21NO2. The number of benzene rings is 3. The number of hydrogen-bond acceptors (Lipinski definition) is 2. The lowest BCUT2D eigenvalue weighted by atomic mass is 10.0. The first-order valence-electron chi connectivity index (χ1n) is 8.36. The lowest BCUT2D eigenvalue weighted by molar-refractivity contribution is -0.127. The first-order chi connectivity index (χ1) is 12.2. The number of nitrogens with one attached hydrogen (secondary N) is 1. The number of amides is 1. The van der Waals surface area contributed by atoms with Crippen LogP contribution < -0.4 is 10.1 Å². The van der Waals surface area contributed by atoms with Gasteiger partial charge in [-0.15, -0.1) is 0 Å². The van der Waals surface area contributed by atoms with Gasteiger partial charge in [0, 0.05) is 6.54 Å². The topological polar surface area (TPSA) is 38.3 Å². The maximum absolute atomic E-state index is 12.2. The van der Waals surface area contributed by atoms with Crippen LogP contribution in [-0.4, -0.2) is 12.0 Å². The number of rotatable bonds is 6. The van der Waals surface area contributed by atoms with Gasteiger partial charge in [0.2, 0.25) is 0 Å². The van der Waals surface area contributed by atoms with Gasteiger partial charge in [-0.1, -0.05) is 66.7 Å². The molecule has 1 unspecified atom stereocenters. The van der Waals surface area contributed by atoms with Crippen molar-refractivity contribution in [2.24, 2.45) is 0 Å². The molecule has 3 nitrogen and oxygen atoms in total. The standard InChI is InChI=1S/C22H21NO2/c1-17(25-21-13-6-3-7-14-21)22(24)23-16-18-9-8-12-20(15-18)19-10-4-2-5-11-19/h2-15,17H,16H2,1H3,(H,23,24). The molecule has 0 bridgehead atoms. The second-order valence-corrected chi connectivity index (χ2v) is 5.86. The van der Waals surface area contributed by atoms with Gasteiger partial charge in [-0.25, -0.2) is 0 Å². The molecule has 0 radical (unpaired) electrons. The highest BCUT2D eigenvalue weighted by molar-refractivity contribution is 5.80. The summed E-state index contributed by atoms with van der Waals surface area (Å²) in [4.78, 5) is 12.2. The Morgan fingerprint density at radius 3 is 2.24 bits per heavy atom. The maximum Gasteiger partial charge on any atom is 0.261 e. The Morgan fingerprint density at radius 1 is 0.880 bits per heavy atom. The fourth-order valence-electron chi connectivity index (χ4n) is 2.58. The van der Waals surface area contributed by atoms with Gasteiger partial charge < -0.3 is 10.1 Å². The zero-order valence-electron chi connectivity index (χ0n) is 14.2. The summed E-state index contributed by atoms with van der Waals surface area (Å²) < 4.78 is 5.65.